The summed E-state index contributed by atoms with van der Waals surface area (Å²) in [4.78, 5) is 50.0. The van der Waals surface area contributed by atoms with Crippen LogP contribution in [-0.2, 0) is 9.59 Å². The van der Waals surface area contributed by atoms with Crippen LogP contribution in [0.1, 0.15) is 15.9 Å². The number of nitrogens with zero attached hydrogens (tertiary/aromatic N) is 1. The zero-order valence-electron chi connectivity index (χ0n) is 21.4. The fourth-order valence-corrected chi connectivity index (χ4v) is 4.41. The molecule has 0 saturated carbocycles. The maximum Gasteiger partial charge on any atom is 0.276 e. The van der Waals surface area contributed by atoms with Crippen LogP contribution >= 0.6 is 23.4 Å². The standard InChI is InChI=1S/C30H23ClN4O5S/c31-22-10-12-23(13-11-22)32-28(36)19-41-25-16-14-24(15-17-25)33-30(38)26(34-29(37)20-6-2-1-3-7-20)18-21-8-4-5-9-27(21)35(39)40/h1-18H,19H2,(H,32,36)(H,33,38)(H,34,37)/b26-18-. The van der Waals surface area contributed by atoms with Crippen molar-refractivity contribution in [3.8, 4) is 0 Å². The summed E-state index contributed by atoms with van der Waals surface area (Å²) in [6.45, 7) is 0. The summed E-state index contributed by atoms with van der Waals surface area (Å²) in [6.07, 6.45) is 1.26. The molecule has 4 aromatic rings. The number of amides is 3. The number of rotatable bonds is 10. The van der Waals surface area contributed by atoms with Crippen LogP contribution in [0.3, 0.4) is 0 Å². The van der Waals surface area contributed by atoms with E-state index in [1.807, 2.05) is 0 Å². The molecule has 3 amide bonds. The van der Waals surface area contributed by atoms with Crippen molar-refractivity contribution >= 4 is 64.2 Å². The van der Waals surface area contributed by atoms with Crippen LogP contribution in [0.4, 0.5) is 17.1 Å². The Hall–Kier alpha value is -4.93. The number of nitro groups is 1. The lowest BCUT2D eigenvalue weighted by Crippen LogP contribution is -2.30. The molecule has 0 aliphatic rings. The first-order valence-corrected chi connectivity index (χ1v) is 13.6. The van der Waals surface area contributed by atoms with E-state index in [1.54, 1.807) is 84.9 Å². The maximum absolute atomic E-state index is 13.2. The molecular formula is C30H23ClN4O5S. The van der Waals surface area contributed by atoms with E-state index in [0.29, 0.717) is 22.0 Å². The number of para-hydroxylation sites is 1. The highest BCUT2D eigenvalue weighted by Gasteiger charge is 2.18. The Morgan fingerprint density at radius 2 is 1.41 bits per heavy atom. The SMILES string of the molecule is O=C(CSc1ccc(NC(=O)/C(=C/c2ccccc2[N+](=O)[O-])NC(=O)c2ccccc2)cc1)Nc1ccc(Cl)cc1. The second kappa shape index (κ2) is 13.9. The number of nitrogens with one attached hydrogen (secondary N) is 3. The smallest absolute Gasteiger partial charge is 0.276 e. The first kappa shape index (κ1) is 29.1. The van der Waals surface area contributed by atoms with E-state index < -0.39 is 16.7 Å². The topological polar surface area (TPSA) is 130 Å². The van der Waals surface area contributed by atoms with Crippen LogP contribution in [0.15, 0.2) is 114 Å². The predicted molar refractivity (Wildman–Crippen MR) is 161 cm³/mol. The summed E-state index contributed by atoms with van der Waals surface area (Å²) in [5.74, 6) is -1.24. The molecule has 0 atom stereocenters. The predicted octanol–water partition coefficient (Wildman–Crippen LogP) is 6.39. The Morgan fingerprint density at radius 3 is 2.10 bits per heavy atom. The van der Waals surface area contributed by atoms with Crippen LogP contribution in [0.5, 0.6) is 0 Å². The molecule has 0 radical (unpaired) electrons. The van der Waals surface area contributed by atoms with Gasteiger partial charge in [0.15, 0.2) is 0 Å². The minimum absolute atomic E-state index is 0.152. The van der Waals surface area contributed by atoms with Gasteiger partial charge in [-0.3, -0.25) is 24.5 Å². The lowest BCUT2D eigenvalue weighted by atomic mass is 10.1. The Morgan fingerprint density at radius 1 is 0.805 bits per heavy atom. The third-order valence-corrected chi connectivity index (χ3v) is 6.84. The number of halogens is 1. The summed E-state index contributed by atoms with van der Waals surface area (Å²) in [5.41, 5.74) is 1.14. The molecule has 4 rings (SSSR count). The summed E-state index contributed by atoms with van der Waals surface area (Å²) in [6, 6.07) is 27.8. The van der Waals surface area contributed by atoms with E-state index >= 15 is 0 Å². The fourth-order valence-electron chi connectivity index (χ4n) is 3.59. The van der Waals surface area contributed by atoms with Crippen LogP contribution in [0, 0.1) is 10.1 Å². The van der Waals surface area contributed by atoms with Crippen molar-refractivity contribution in [2.24, 2.45) is 0 Å². The maximum atomic E-state index is 13.2. The van der Waals surface area contributed by atoms with Crippen LogP contribution in [-0.4, -0.2) is 28.4 Å². The number of carbonyl (C=O) groups is 3. The van der Waals surface area contributed by atoms with Gasteiger partial charge in [-0.05, 0) is 72.8 Å². The molecule has 4 aromatic carbocycles. The Kier molecular flexibility index (Phi) is 9.87. The molecule has 0 saturated heterocycles. The second-order valence-electron chi connectivity index (χ2n) is 8.52. The molecule has 0 aromatic heterocycles. The second-order valence-corrected chi connectivity index (χ2v) is 10.0. The molecule has 206 valence electrons. The van der Waals surface area contributed by atoms with Gasteiger partial charge in [0.05, 0.1) is 16.2 Å². The zero-order valence-corrected chi connectivity index (χ0v) is 22.9. The van der Waals surface area contributed by atoms with Crippen molar-refractivity contribution in [3.63, 3.8) is 0 Å². The molecule has 0 bridgehead atoms. The molecular weight excluding hydrogens is 564 g/mol. The lowest BCUT2D eigenvalue weighted by Gasteiger charge is -2.12. The summed E-state index contributed by atoms with van der Waals surface area (Å²) in [5, 5.41) is 20.1. The van der Waals surface area contributed by atoms with Crippen molar-refractivity contribution in [1.82, 2.24) is 5.32 Å². The van der Waals surface area contributed by atoms with Crippen molar-refractivity contribution in [2.45, 2.75) is 4.90 Å². The normalized spacial score (nSPS) is 10.9. The first-order chi connectivity index (χ1) is 19.8. The molecule has 41 heavy (non-hydrogen) atoms. The average Bonchev–Trinajstić information content (AvgIpc) is 2.98. The number of nitro benzene ring substituents is 1. The Labute approximate surface area is 244 Å². The van der Waals surface area contributed by atoms with Gasteiger partial charge in [0.25, 0.3) is 17.5 Å². The van der Waals surface area contributed by atoms with Gasteiger partial charge < -0.3 is 16.0 Å². The fraction of sp³-hybridized carbons (Fsp3) is 0.0333. The van der Waals surface area contributed by atoms with Crippen LogP contribution in [0.2, 0.25) is 5.02 Å². The van der Waals surface area contributed by atoms with Crippen molar-refractivity contribution in [3.05, 3.63) is 135 Å². The van der Waals surface area contributed by atoms with Crippen molar-refractivity contribution in [2.75, 3.05) is 16.4 Å². The number of carbonyl (C=O) groups excluding carboxylic acids is 3. The molecule has 11 heteroatoms. The van der Waals surface area contributed by atoms with Crippen molar-refractivity contribution < 1.29 is 19.3 Å². The number of benzene rings is 4. The highest BCUT2D eigenvalue weighted by Crippen LogP contribution is 2.23. The molecule has 0 fully saturated rings. The van der Waals surface area contributed by atoms with Crippen LogP contribution < -0.4 is 16.0 Å². The van der Waals surface area contributed by atoms with Gasteiger partial charge in [0.1, 0.15) is 5.70 Å². The number of thioether (sulfide) groups is 1. The molecule has 9 nitrogen and oxygen atoms in total. The Bertz CT molecular complexity index is 1590. The minimum Gasteiger partial charge on any atom is -0.325 e. The quantitative estimate of drug-likeness (QED) is 0.0854. The number of hydrogen-bond acceptors (Lipinski definition) is 6. The molecule has 0 unspecified atom stereocenters. The highest BCUT2D eigenvalue weighted by atomic mass is 35.5. The molecule has 0 aliphatic heterocycles. The minimum atomic E-state index is -0.671. The van der Waals surface area contributed by atoms with Gasteiger partial charge in [-0.1, -0.05) is 41.9 Å². The van der Waals surface area contributed by atoms with E-state index in [0.717, 1.165) is 4.90 Å². The molecule has 3 N–H and O–H groups in total. The van der Waals surface area contributed by atoms with Gasteiger partial charge in [-0.15, -0.1) is 11.8 Å². The van der Waals surface area contributed by atoms with Crippen LogP contribution in [0.25, 0.3) is 6.08 Å². The third kappa shape index (κ3) is 8.53. The molecule has 0 aliphatic carbocycles. The van der Waals surface area contributed by atoms with E-state index in [2.05, 4.69) is 16.0 Å². The third-order valence-electron chi connectivity index (χ3n) is 5.57. The summed E-state index contributed by atoms with van der Waals surface area (Å²) < 4.78 is 0. The van der Waals surface area contributed by atoms with Gasteiger partial charge in [0.2, 0.25) is 5.91 Å². The molecule has 0 heterocycles. The largest absolute Gasteiger partial charge is 0.325 e. The number of hydrogen-bond donors (Lipinski definition) is 3. The zero-order chi connectivity index (χ0) is 29.2. The van der Waals surface area contributed by atoms with Gasteiger partial charge >= 0.3 is 0 Å². The first-order valence-electron chi connectivity index (χ1n) is 12.2. The highest BCUT2D eigenvalue weighted by molar-refractivity contribution is 8.00. The average molecular weight is 587 g/mol. The summed E-state index contributed by atoms with van der Waals surface area (Å²) >= 11 is 7.18. The van der Waals surface area contributed by atoms with E-state index in [1.165, 1.54) is 36.0 Å². The Balaban J connectivity index is 1.45. The van der Waals surface area contributed by atoms with E-state index in [9.17, 15) is 24.5 Å². The van der Waals surface area contributed by atoms with E-state index in [-0.39, 0.29) is 28.6 Å². The van der Waals surface area contributed by atoms with Crippen molar-refractivity contribution in [1.29, 1.82) is 0 Å². The number of anilines is 2. The lowest BCUT2D eigenvalue weighted by molar-refractivity contribution is -0.385. The van der Waals surface area contributed by atoms with Gasteiger partial charge in [-0.2, -0.15) is 0 Å². The summed E-state index contributed by atoms with van der Waals surface area (Å²) in [7, 11) is 0. The molecule has 0 spiro atoms. The monoisotopic (exact) mass is 586 g/mol. The van der Waals surface area contributed by atoms with Gasteiger partial charge in [0, 0.05) is 32.9 Å². The van der Waals surface area contributed by atoms with E-state index in [4.69, 9.17) is 11.6 Å². The van der Waals surface area contributed by atoms with Gasteiger partial charge in [-0.25, -0.2) is 0 Å².